The third-order valence-electron chi connectivity index (χ3n) is 11.0. The molecule has 0 radical (unpaired) electrons. The molecule has 2 aliphatic heterocycles. The lowest BCUT2D eigenvalue weighted by atomic mass is 9.69. The maximum absolute atomic E-state index is 14.4. The maximum atomic E-state index is 14.4. The van der Waals surface area contributed by atoms with Crippen molar-refractivity contribution in [3.05, 3.63) is 94.4 Å². The van der Waals surface area contributed by atoms with Crippen molar-refractivity contribution in [2.24, 2.45) is 17.3 Å². The zero-order valence-electron chi connectivity index (χ0n) is 27.0. The summed E-state index contributed by atoms with van der Waals surface area (Å²) in [6, 6.07) is 19.8. The predicted molar refractivity (Wildman–Crippen MR) is 175 cm³/mol. The van der Waals surface area contributed by atoms with Crippen molar-refractivity contribution in [1.29, 1.82) is 0 Å². The molecule has 7 nitrogen and oxygen atoms in total. The summed E-state index contributed by atoms with van der Waals surface area (Å²) in [6.07, 6.45) is 2.06. The Morgan fingerprint density at radius 2 is 1.66 bits per heavy atom. The number of hydrogen-bond acceptors (Lipinski definition) is 3. The molecule has 3 aromatic rings. The van der Waals surface area contributed by atoms with E-state index in [-0.39, 0.29) is 35.9 Å². The number of likely N-dealkylation sites (tertiary alicyclic amines) is 2. The fourth-order valence-electron chi connectivity index (χ4n) is 8.43. The molecule has 250 valence electrons. The topological polar surface area (TPSA) is 74.7 Å². The fourth-order valence-corrected chi connectivity index (χ4v) is 8.43. The van der Waals surface area contributed by atoms with E-state index in [1.54, 1.807) is 11.0 Å². The number of aryl methyl sites for hydroxylation is 1. The number of aromatic nitrogens is 1. The highest BCUT2D eigenvalue weighted by atomic mass is 19.4. The van der Waals surface area contributed by atoms with E-state index in [0.29, 0.717) is 19.6 Å². The Morgan fingerprint density at radius 1 is 0.957 bits per heavy atom. The molecule has 0 bridgehead atoms. The molecular formula is C37H43F3N4O3. The molecule has 1 unspecified atom stereocenters. The van der Waals surface area contributed by atoms with Crippen LogP contribution in [0.4, 0.5) is 18.0 Å². The van der Waals surface area contributed by atoms with Crippen LogP contribution in [0.25, 0.3) is 11.1 Å². The summed E-state index contributed by atoms with van der Waals surface area (Å²) in [5.41, 5.74) is 3.77. The Balaban J connectivity index is 1.20. The third kappa shape index (κ3) is 6.69. The van der Waals surface area contributed by atoms with Gasteiger partial charge in [0.2, 0.25) is 0 Å². The van der Waals surface area contributed by atoms with Crippen LogP contribution >= 0.6 is 0 Å². The van der Waals surface area contributed by atoms with Gasteiger partial charge in [-0.15, -0.1) is 0 Å². The zero-order valence-corrected chi connectivity index (χ0v) is 27.0. The number of nitrogens with one attached hydrogen (secondary N) is 1. The van der Waals surface area contributed by atoms with Crippen LogP contribution in [0.3, 0.4) is 0 Å². The molecule has 1 saturated carbocycles. The normalized spacial score (nSPS) is 24.4. The number of carbonyl (C=O) groups excluding carboxylic acids is 2. The number of amides is 3. The van der Waals surface area contributed by atoms with E-state index in [1.807, 2.05) is 90.2 Å². The first kappa shape index (κ1) is 32.8. The number of halogens is 3. The standard InChI is InChI=1S/C37H43F3N4O3/c1-25-10-6-7-13-30(25)28-14-19-42(32(45)22-28)23-29-15-20-43(24-36(29)17-8-9-18-36)35(47)44-21-16-31(41-34(46)37(38,39)40)26(2)33(44)27-11-4-3-5-12-27/h3-7,10-14,19,22,26,29,31,33H,8-9,15-18,20-21,23-24H2,1-2H3,(H,41,46)/t26?,29-,31+,33-/m0/s1. The highest BCUT2D eigenvalue weighted by Crippen LogP contribution is 2.50. The van der Waals surface area contributed by atoms with Gasteiger partial charge in [0.25, 0.3) is 5.56 Å². The van der Waals surface area contributed by atoms with Gasteiger partial charge in [-0.25, -0.2) is 4.79 Å². The number of urea groups is 1. The second-order valence-electron chi connectivity index (χ2n) is 13.8. The average Bonchev–Trinajstić information content (AvgIpc) is 3.52. The number of benzene rings is 2. The first-order valence-electron chi connectivity index (χ1n) is 16.7. The molecule has 47 heavy (non-hydrogen) atoms. The highest BCUT2D eigenvalue weighted by Gasteiger charge is 2.49. The zero-order chi connectivity index (χ0) is 33.3. The van der Waals surface area contributed by atoms with Crippen molar-refractivity contribution < 1.29 is 22.8 Å². The smallest absolute Gasteiger partial charge is 0.345 e. The summed E-state index contributed by atoms with van der Waals surface area (Å²) in [4.78, 5) is 43.3. The minimum absolute atomic E-state index is 0.0300. The summed E-state index contributed by atoms with van der Waals surface area (Å²) in [7, 11) is 0. The van der Waals surface area contributed by atoms with E-state index in [9.17, 15) is 27.6 Å². The SMILES string of the molecule is Cc1ccccc1-c1ccn(C[C@@H]2CCN(C(=O)N3CC[C@@H](NC(=O)C(F)(F)F)C(C)[C@H]3c3ccccc3)CC23CCCC3)c(=O)c1. The van der Waals surface area contributed by atoms with E-state index in [4.69, 9.17) is 0 Å². The number of rotatable bonds is 5. The molecule has 1 spiro atoms. The van der Waals surface area contributed by atoms with Crippen LogP contribution in [0.15, 0.2) is 77.7 Å². The summed E-state index contributed by atoms with van der Waals surface area (Å²) in [5, 5.41) is 2.19. The molecule has 10 heteroatoms. The molecule has 6 rings (SSSR count). The Kier molecular flexibility index (Phi) is 9.23. The van der Waals surface area contributed by atoms with Crippen molar-refractivity contribution in [3.63, 3.8) is 0 Å². The lowest BCUT2D eigenvalue weighted by molar-refractivity contribution is -0.175. The van der Waals surface area contributed by atoms with Gasteiger partial charge in [-0.05, 0) is 72.3 Å². The molecule has 3 aliphatic rings. The second-order valence-corrected chi connectivity index (χ2v) is 13.8. The summed E-state index contributed by atoms with van der Waals surface area (Å²) >= 11 is 0. The summed E-state index contributed by atoms with van der Waals surface area (Å²) in [6.45, 7) is 5.82. The Labute approximate surface area is 273 Å². The van der Waals surface area contributed by atoms with Crippen LogP contribution in [-0.4, -0.2) is 58.2 Å². The van der Waals surface area contributed by atoms with E-state index >= 15 is 0 Å². The van der Waals surface area contributed by atoms with Crippen LogP contribution in [-0.2, 0) is 11.3 Å². The van der Waals surface area contributed by atoms with Crippen LogP contribution in [0.5, 0.6) is 0 Å². The molecule has 3 amide bonds. The van der Waals surface area contributed by atoms with Gasteiger partial charge in [-0.2, -0.15) is 13.2 Å². The molecule has 3 heterocycles. The summed E-state index contributed by atoms with van der Waals surface area (Å²) in [5.74, 6) is -2.15. The van der Waals surface area contributed by atoms with E-state index in [0.717, 1.165) is 54.4 Å². The van der Waals surface area contributed by atoms with Crippen molar-refractivity contribution in [3.8, 4) is 11.1 Å². The molecule has 1 aromatic heterocycles. The largest absolute Gasteiger partial charge is 0.471 e. The molecule has 2 saturated heterocycles. The van der Waals surface area contributed by atoms with Crippen LogP contribution in [0.2, 0.25) is 0 Å². The van der Waals surface area contributed by atoms with Crippen molar-refractivity contribution in [1.82, 2.24) is 19.7 Å². The first-order valence-corrected chi connectivity index (χ1v) is 16.7. The van der Waals surface area contributed by atoms with Gasteiger partial charge in [0, 0.05) is 50.4 Å². The predicted octanol–water partition coefficient (Wildman–Crippen LogP) is 6.96. The van der Waals surface area contributed by atoms with Crippen LogP contribution in [0.1, 0.15) is 62.6 Å². The monoisotopic (exact) mass is 648 g/mol. The lowest BCUT2D eigenvalue weighted by Gasteiger charge is -2.50. The maximum Gasteiger partial charge on any atom is 0.471 e. The molecule has 3 fully saturated rings. The minimum Gasteiger partial charge on any atom is -0.345 e. The van der Waals surface area contributed by atoms with E-state index < -0.39 is 30.1 Å². The number of carbonyl (C=O) groups is 2. The number of piperidine rings is 2. The minimum atomic E-state index is -4.97. The number of alkyl halides is 3. The number of nitrogens with zero attached hydrogens (tertiary/aromatic N) is 3. The van der Waals surface area contributed by atoms with Crippen LogP contribution < -0.4 is 10.9 Å². The van der Waals surface area contributed by atoms with Gasteiger partial charge in [-0.3, -0.25) is 9.59 Å². The molecule has 1 aliphatic carbocycles. The van der Waals surface area contributed by atoms with E-state index in [2.05, 4.69) is 5.32 Å². The Bertz CT molecular complexity index is 1650. The molecule has 1 N–H and O–H groups in total. The lowest BCUT2D eigenvalue weighted by Crippen LogP contribution is -2.59. The third-order valence-corrected chi connectivity index (χ3v) is 11.0. The quantitative estimate of drug-likeness (QED) is 0.325. The molecule has 2 aromatic carbocycles. The second kappa shape index (κ2) is 13.2. The van der Waals surface area contributed by atoms with Gasteiger partial charge in [0.1, 0.15) is 0 Å². The Hall–Kier alpha value is -4.08. The average molecular weight is 649 g/mol. The number of hydrogen-bond donors (Lipinski definition) is 1. The Morgan fingerprint density at radius 3 is 2.34 bits per heavy atom. The first-order chi connectivity index (χ1) is 22.5. The van der Waals surface area contributed by atoms with E-state index in [1.165, 1.54) is 0 Å². The highest BCUT2D eigenvalue weighted by molar-refractivity contribution is 5.82. The summed E-state index contributed by atoms with van der Waals surface area (Å²) < 4.78 is 41.2. The fraction of sp³-hybridized carbons (Fsp3) is 0.486. The number of pyridine rings is 1. The van der Waals surface area contributed by atoms with Crippen LogP contribution in [0, 0.1) is 24.2 Å². The van der Waals surface area contributed by atoms with Gasteiger partial charge in [0.15, 0.2) is 0 Å². The van der Waals surface area contributed by atoms with Gasteiger partial charge in [0.05, 0.1) is 6.04 Å². The van der Waals surface area contributed by atoms with Gasteiger partial charge >= 0.3 is 18.1 Å². The van der Waals surface area contributed by atoms with Crippen molar-refractivity contribution in [2.75, 3.05) is 19.6 Å². The van der Waals surface area contributed by atoms with Gasteiger partial charge < -0.3 is 19.7 Å². The van der Waals surface area contributed by atoms with Crippen molar-refractivity contribution in [2.45, 2.75) is 77.2 Å². The van der Waals surface area contributed by atoms with Crippen molar-refractivity contribution >= 4 is 11.9 Å². The molecule has 4 atom stereocenters. The van der Waals surface area contributed by atoms with Gasteiger partial charge in [-0.1, -0.05) is 74.4 Å². The molecular weight excluding hydrogens is 605 g/mol.